The minimum absolute atomic E-state index is 0.00675. The maximum atomic E-state index is 14.2. The van der Waals surface area contributed by atoms with Gasteiger partial charge in [0, 0.05) is 107 Å². The number of carboxylic acids is 1. The Bertz CT molecular complexity index is 4240. The molecule has 3 aliphatic rings. The predicted molar refractivity (Wildman–Crippen MR) is 349 cm³/mol. The number of imide groups is 1. The number of aryl methyl sites for hydroxylation is 2. The Kier molecular flexibility index (Phi) is 20.4. The predicted octanol–water partition coefficient (Wildman–Crippen LogP) is 7.34. The average Bonchev–Trinajstić information content (AvgIpc) is 1.63. The number of rotatable bonds is 26. The van der Waals surface area contributed by atoms with Crippen LogP contribution in [0.1, 0.15) is 111 Å². The molecule has 95 heavy (non-hydrogen) atoms. The average molecular weight is 1310 g/mol. The summed E-state index contributed by atoms with van der Waals surface area (Å²) in [4.78, 5) is 152. The van der Waals surface area contributed by atoms with Gasteiger partial charge in [-0.3, -0.25) is 52.6 Å². The van der Waals surface area contributed by atoms with E-state index >= 15 is 0 Å². The van der Waals surface area contributed by atoms with Crippen LogP contribution in [0.5, 0.6) is 11.5 Å². The minimum Gasteiger partial charge on any atom is -0.493 e. The zero-order valence-electron chi connectivity index (χ0n) is 53.1. The molecule has 0 aliphatic carbocycles. The molecule has 2 fully saturated rings. The molecule has 0 saturated carbocycles. The highest BCUT2D eigenvalue weighted by Crippen LogP contribution is 2.42. The van der Waals surface area contributed by atoms with Gasteiger partial charge in [-0.05, 0) is 84.7 Å². The zero-order valence-corrected chi connectivity index (χ0v) is 53.9. The van der Waals surface area contributed by atoms with Crippen LogP contribution in [0.2, 0.25) is 0 Å². The SMILES string of the molecule is C=C1C[C@H]2[C@H](O)N(C(=O)OCc3ccc(CC(=O)[C@H](C)NC(=O)[C@H](C)CC(=O)CCN4C(=O)CC(SC)C4=O)cc3)c3cc(OCCCC(=O)Nc4cn(C)c(C(=O)Cc5ccc(-c6cc(C(=O)n7ccc8cc(C(=O)O)ccc87)n(C)c6)cc5)n4)c(OC)cc3C(=O)N2C1. The van der Waals surface area contributed by atoms with Crippen molar-refractivity contribution in [2.75, 3.05) is 43.3 Å². The van der Waals surface area contributed by atoms with Crippen molar-refractivity contribution in [3.05, 3.63) is 161 Å². The third kappa shape index (κ3) is 15.0. The molecular formula is C69H71N9O16S. The first kappa shape index (κ1) is 67.4. The maximum absolute atomic E-state index is 14.2. The lowest BCUT2D eigenvalue weighted by Crippen LogP contribution is -2.50. The number of imidazole rings is 1. The number of carbonyl (C=O) groups excluding carboxylic acids is 10. The van der Waals surface area contributed by atoms with Crippen molar-refractivity contribution in [3.63, 3.8) is 0 Å². The van der Waals surface area contributed by atoms with Gasteiger partial charge in [0.25, 0.3) is 11.8 Å². The van der Waals surface area contributed by atoms with Crippen LogP contribution in [0.4, 0.5) is 16.3 Å². The Labute approximate surface area is 550 Å². The molecule has 0 spiro atoms. The van der Waals surface area contributed by atoms with Gasteiger partial charge in [-0.2, -0.15) is 11.8 Å². The first-order valence-corrected chi connectivity index (χ1v) is 32.0. The molecule has 3 aromatic heterocycles. The molecule has 6 heterocycles. The molecule has 4 N–H and O–H groups in total. The topological polar surface area (TPSA) is 317 Å². The number of hydrogen-bond donors (Lipinski definition) is 4. The van der Waals surface area contributed by atoms with E-state index in [0.717, 1.165) is 20.9 Å². The zero-order chi connectivity index (χ0) is 68.1. The molecule has 494 valence electrons. The summed E-state index contributed by atoms with van der Waals surface area (Å²) >= 11 is 1.28. The summed E-state index contributed by atoms with van der Waals surface area (Å²) in [6.45, 7) is 6.90. The van der Waals surface area contributed by atoms with Gasteiger partial charge >= 0.3 is 12.1 Å². The van der Waals surface area contributed by atoms with Gasteiger partial charge in [0.05, 0.1) is 53.4 Å². The van der Waals surface area contributed by atoms with Crippen LogP contribution >= 0.6 is 11.8 Å². The lowest BCUT2D eigenvalue weighted by molar-refractivity contribution is -0.139. The molecular weight excluding hydrogens is 1240 g/mol. The Balaban J connectivity index is 0.705. The second-order valence-electron chi connectivity index (χ2n) is 23.9. The number of nitrogens with one attached hydrogen (secondary N) is 2. The number of hydrogen-bond acceptors (Lipinski definition) is 17. The largest absolute Gasteiger partial charge is 0.493 e. The molecule has 3 aliphatic heterocycles. The van der Waals surface area contributed by atoms with E-state index in [0.29, 0.717) is 38.9 Å². The quantitative estimate of drug-likeness (QED) is 0.0178. The number of fused-ring (bicyclic) bond motifs is 3. The van der Waals surface area contributed by atoms with Gasteiger partial charge in [0.2, 0.25) is 29.4 Å². The fraction of sp³-hybridized carbons (Fsp3) is 0.333. The highest BCUT2D eigenvalue weighted by molar-refractivity contribution is 8.00. The molecule has 25 nitrogen and oxygen atoms in total. The van der Waals surface area contributed by atoms with Crippen LogP contribution < -0.4 is 25.0 Å². The number of anilines is 2. The Morgan fingerprint density at radius 1 is 0.821 bits per heavy atom. The number of aromatic carboxylic acids is 1. The van der Waals surface area contributed by atoms with E-state index in [9.17, 15) is 63.0 Å². The lowest BCUT2D eigenvalue weighted by atomic mass is 10.00. The molecule has 1 unspecified atom stereocenters. The van der Waals surface area contributed by atoms with E-state index in [1.54, 1.807) is 80.5 Å². The number of thioether (sulfide) groups is 1. The Morgan fingerprint density at radius 2 is 1.54 bits per heavy atom. The molecule has 0 radical (unpaired) electrons. The number of Topliss-reactive ketones (excluding diaryl/α,β-unsaturated/α-hetero) is 3. The number of benzene rings is 4. The molecule has 0 bridgehead atoms. The second-order valence-corrected chi connectivity index (χ2v) is 24.9. The highest BCUT2D eigenvalue weighted by Gasteiger charge is 2.47. The summed E-state index contributed by atoms with van der Waals surface area (Å²) in [5.74, 6) is -4.59. The summed E-state index contributed by atoms with van der Waals surface area (Å²) in [7, 11) is 4.78. The number of likely N-dealkylation sites (tertiary alicyclic amines) is 1. The Morgan fingerprint density at radius 3 is 2.24 bits per heavy atom. The van der Waals surface area contributed by atoms with E-state index in [4.69, 9.17) is 14.2 Å². The van der Waals surface area contributed by atoms with E-state index in [2.05, 4.69) is 22.2 Å². The second kappa shape index (κ2) is 28.8. The summed E-state index contributed by atoms with van der Waals surface area (Å²) < 4.78 is 22.3. The summed E-state index contributed by atoms with van der Waals surface area (Å²) in [5, 5.41) is 26.9. The van der Waals surface area contributed by atoms with Crippen LogP contribution in [0.25, 0.3) is 22.0 Å². The van der Waals surface area contributed by atoms with Gasteiger partial charge in [-0.15, -0.1) is 0 Å². The maximum Gasteiger partial charge on any atom is 0.416 e. The first-order chi connectivity index (χ1) is 45.4. The molecule has 4 aromatic carbocycles. The monoisotopic (exact) mass is 1310 g/mol. The van der Waals surface area contributed by atoms with Crippen LogP contribution in [-0.2, 0) is 67.0 Å². The van der Waals surface area contributed by atoms with Gasteiger partial charge in [0.1, 0.15) is 18.1 Å². The molecule has 2 saturated heterocycles. The number of methoxy groups -OCH3 is 1. The number of aliphatic hydroxyl groups excluding tert-OH is 1. The number of aromatic nitrogens is 4. The Hall–Kier alpha value is -10.5. The van der Waals surface area contributed by atoms with Gasteiger partial charge in [-0.1, -0.05) is 67.6 Å². The highest BCUT2D eigenvalue weighted by atomic mass is 32.2. The number of ketones is 3. The van der Waals surface area contributed by atoms with Gasteiger partial charge in [-0.25, -0.2) is 19.5 Å². The van der Waals surface area contributed by atoms with E-state index in [1.165, 1.54) is 70.3 Å². The standard InChI is InChI=1S/C69H71N9O16S/c1-38-25-53-66(87)78(69(91)94-37-43-12-10-41(11-13-43)27-54(80)40(3)70-63(84)39(2)26-48(79)21-23-76-61(83)33-58(95-7)67(76)88)51-32-57(56(92-6)31-49(51)64(85)77(53)34-38)93-24-8-9-60(82)71-59-36-74(5)62(72-59)55(81)28-42-14-16-44(17-15-42)47-30-52(73(4)35-47)65(86)75-22-20-45-29-46(68(89)90)18-19-50(45)75/h10-20,22,29-32,35-36,39-40,53,58,66,87H,1,8-9,21,23-28,33-34,37H2,2-7H3,(H,70,84)(H,71,82)(H,89,90)/t39-,40+,53+,58?,66+/m1/s1. The number of carbonyl (C=O) groups is 11. The molecule has 10 rings (SSSR count). The van der Waals surface area contributed by atoms with Crippen LogP contribution in [0, 0.1) is 5.92 Å². The number of nitrogens with zero attached hydrogens (tertiary/aromatic N) is 7. The fourth-order valence-corrected chi connectivity index (χ4v) is 12.4. The molecule has 6 amide bonds. The van der Waals surface area contributed by atoms with E-state index < -0.39 is 59.3 Å². The van der Waals surface area contributed by atoms with Crippen molar-refractivity contribution in [1.29, 1.82) is 0 Å². The third-order valence-electron chi connectivity index (χ3n) is 17.0. The van der Waals surface area contributed by atoms with E-state index in [-0.39, 0.29) is 153 Å². The molecule has 7 aromatic rings. The minimum atomic E-state index is -1.59. The van der Waals surface area contributed by atoms with Gasteiger partial charge < -0.3 is 49.1 Å². The normalized spacial score (nSPS) is 16.7. The number of ether oxygens (including phenoxy) is 3. The van der Waals surface area contributed by atoms with Gasteiger partial charge in [0.15, 0.2) is 35.2 Å². The van der Waals surface area contributed by atoms with Crippen molar-refractivity contribution < 1.29 is 77.2 Å². The van der Waals surface area contributed by atoms with Crippen molar-refractivity contribution in [1.82, 2.24) is 33.8 Å². The van der Waals surface area contributed by atoms with Crippen molar-refractivity contribution in [2.45, 2.75) is 95.4 Å². The number of amides is 6. The molecule has 26 heteroatoms. The molecule has 5 atom stereocenters. The summed E-state index contributed by atoms with van der Waals surface area (Å²) in [5.41, 5.74) is 5.17. The van der Waals surface area contributed by atoms with E-state index in [1.807, 2.05) is 30.5 Å². The van der Waals surface area contributed by atoms with Crippen molar-refractivity contribution in [2.24, 2.45) is 20.0 Å². The van der Waals surface area contributed by atoms with Crippen LogP contribution in [-0.4, -0.2) is 160 Å². The van der Waals surface area contributed by atoms with Crippen molar-refractivity contribution in [3.8, 4) is 22.6 Å². The fourth-order valence-electron chi connectivity index (χ4n) is 11.8. The number of aliphatic hydroxyl groups is 1. The summed E-state index contributed by atoms with van der Waals surface area (Å²) in [6.07, 6.45) is 4.29. The van der Waals surface area contributed by atoms with Crippen molar-refractivity contribution >= 4 is 99.0 Å². The third-order valence-corrected chi connectivity index (χ3v) is 18.0. The first-order valence-electron chi connectivity index (χ1n) is 30.7. The summed E-state index contributed by atoms with van der Waals surface area (Å²) in [6, 6.07) is 23.0. The lowest BCUT2D eigenvalue weighted by Gasteiger charge is -2.31. The number of carboxylic acid groups (broad SMARTS) is 1. The smallest absolute Gasteiger partial charge is 0.416 e. The van der Waals surface area contributed by atoms with Crippen LogP contribution in [0.15, 0.2) is 122 Å². The van der Waals surface area contributed by atoms with Crippen LogP contribution in [0.3, 0.4) is 0 Å².